The third-order valence-electron chi connectivity index (χ3n) is 10.5. The lowest BCUT2D eigenvalue weighted by Crippen LogP contribution is -2.51. The minimum absolute atomic E-state index is 0.00481. The fourth-order valence-electron chi connectivity index (χ4n) is 7.55. The van der Waals surface area contributed by atoms with Gasteiger partial charge in [0.05, 0.1) is 22.1 Å². The topological polar surface area (TPSA) is 107 Å². The lowest BCUT2D eigenvalue weighted by Gasteiger charge is -2.42. The van der Waals surface area contributed by atoms with Crippen LogP contribution in [-0.2, 0) is 9.59 Å². The van der Waals surface area contributed by atoms with E-state index in [0.29, 0.717) is 24.1 Å². The molecular formula is C36H51N7O3S. The molecule has 3 aliphatic rings. The molecule has 3 saturated heterocycles. The summed E-state index contributed by atoms with van der Waals surface area (Å²) in [5.74, 6) is 0.716. The average molecular weight is 662 g/mol. The Balaban J connectivity index is 1.06. The lowest BCUT2D eigenvalue weighted by atomic mass is 9.80. The molecule has 6 rings (SSSR count). The number of carbonyl (C=O) groups is 2. The van der Waals surface area contributed by atoms with Crippen LogP contribution < -0.4 is 15.5 Å². The van der Waals surface area contributed by atoms with E-state index in [9.17, 15) is 9.59 Å². The van der Waals surface area contributed by atoms with E-state index in [1.165, 1.54) is 12.8 Å². The summed E-state index contributed by atoms with van der Waals surface area (Å²) in [6, 6.07) is 9.55. The third-order valence-corrected chi connectivity index (χ3v) is 11.5. The number of hydrogen-bond acceptors (Lipinski definition) is 9. The molecule has 3 aromatic rings. The number of piperidine rings is 1. The predicted molar refractivity (Wildman–Crippen MR) is 187 cm³/mol. The number of likely N-dealkylation sites (tertiary alicyclic amines) is 1. The average Bonchev–Trinajstić information content (AvgIpc) is 3.83. The van der Waals surface area contributed by atoms with Crippen LogP contribution in [0.15, 0.2) is 40.4 Å². The van der Waals surface area contributed by atoms with Crippen LogP contribution in [0.1, 0.15) is 82.4 Å². The fourth-order valence-corrected chi connectivity index (χ4v) is 8.36. The summed E-state index contributed by atoms with van der Waals surface area (Å²) in [5, 5.41) is 11.1. The smallest absolute Gasteiger partial charge is 0.243 e. The number of amides is 2. The molecule has 3 atom stereocenters. The molecule has 2 amide bonds. The van der Waals surface area contributed by atoms with Crippen LogP contribution in [0.25, 0.3) is 10.4 Å². The quantitative estimate of drug-likeness (QED) is 0.305. The number of aryl methyl sites for hydroxylation is 1. The van der Waals surface area contributed by atoms with Crippen molar-refractivity contribution in [2.75, 3.05) is 57.3 Å². The molecule has 1 aromatic carbocycles. The van der Waals surface area contributed by atoms with Gasteiger partial charge in [-0.25, -0.2) is 4.98 Å². The monoisotopic (exact) mass is 661 g/mol. The Morgan fingerprint density at radius 3 is 2.47 bits per heavy atom. The van der Waals surface area contributed by atoms with Crippen LogP contribution in [0.3, 0.4) is 0 Å². The van der Waals surface area contributed by atoms with Crippen LogP contribution in [0.4, 0.5) is 5.82 Å². The highest BCUT2D eigenvalue weighted by molar-refractivity contribution is 7.13. The zero-order chi connectivity index (χ0) is 33.1. The summed E-state index contributed by atoms with van der Waals surface area (Å²) in [4.78, 5) is 39.8. The van der Waals surface area contributed by atoms with Gasteiger partial charge in [-0.2, -0.15) is 0 Å². The largest absolute Gasteiger partial charge is 0.358 e. The number of piperazine rings is 1. The Bertz CT molecular complexity index is 1500. The zero-order valence-electron chi connectivity index (χ0n) is 28.6. The van der Waals surface area contributed by atoms with Gasteiger partial charge in [-0.05, 0) is 75.1 Å². The fraction of sp³-hybridized carbons (Fsp3) is 0.611. The second kappa shape index (κ2) is 14.5. The maximum atomic E-state index is 14.1. The maximum absolute atomic E-state index is 14.1. The number of nitrogens with zero attached hydrogens (tertiary/aromatic N) is 5. The molecule has 10 nitrogen and oxygen atoms in total. The van der Waals surface area contributed by atoms with Gasteiger partial charge in [0.2, 0.25) is 11.8 Å². The Morgan fingerprint density at radius 1 is 1.09 bits per heavy atom. The van der Waals surface area contributed by atoms with Gasteiger partial charge in [0.1, 0.15) is 12.0 Å². The van der Waals surface area contributed by atoms with Crippen molar-refractivity contribution < 1.29 is 14.1 Å². The first-order chi connectivity index (χ1) is 22.6. The highest BCUT2D eigenvalue weighted by Gasteiger charge is 2.41. The number of carbonyl (C=O) groups excluding carboxylic acids is 2. The molecule has 0 spiro atoms. The Hall–Kier alpha value is -3.28. The predicted octanol–water partition coefficient (Wildman–Crippen LogP) is 5.23. The molecule has 3 unspecified atom stereocenters. The highest BCUT2D eigenvalue weighted by atomic mass is 32.1. The van der Waals surface area contributed by atoms with Crippen LogP contribution in [0.2, 0.25) is 0 Å². The van der Waals surface area contributed by atoms with Gasteiger partial charge in [-0.3, -0.25) is 14.5 Å². The molecule has 2 N–H and O–H groups in total. The summed E-state index contributed by atoms with van der Waals surface area (Å²) >= 11 is 1.63. The standard InChI is InChI=1S/C36H51N7O3S/c1-24(2)32(30-21-31(40-46-30)42-19-17-41(18-20-42)22-36(5)12-14-37-15-13-36)35(45)43-16-6-7-29(43)34(44)39-25(3)27-8-10-28(11-9-27)33-26(4)38-23-47-33/h8-11,21,23-25,29,32,37H,6-7,12-20,22H2,1-5H3,(H,39,44). The van der Waals surface area contributed by atoms with E-state index < -0.39 is 12.0 Å². The number of thiazole rings is 1. The van der Waals surface area contributed by atoms with Gasteiger partial charge in [-0.15, -0.1) is 11.3 Å². The zero-order valence-corrected chi connectivity index (χ0v) is 29.4. The van der Waals surface area contributed by atoms with Crippen LogP contribution in [0.5, 0.6) is 0 Å². The number of benzene rings is 1. The second-order valence-corrected chi connectivity index (χ2v) is 15.3. The Labute approximate surface area is 283 Å². The molecule has 3 fully saturated rings. The van der Waals surface area contributed by atoms with E-state index in [4.69, 9.17) is 4.52 Å². The Morgan fingerprint density at radius 2 is 1.81 bits per heavy atom. The number of rotatable bonds is 10. The second-order valence-electron chi connectivity index (χ2n) is 14.4. The van der Waals surface area contributed by atoms with E-state index in [0.717, 1.165) is 79.7 Å². The van der Waals surface area contributed by atoms with Crippen molar-refractivity contribution in [1.82, 2.24) is 30.6 Å². The molecule has 0 radical (unpaired) electrons. The summed E-state index contributed by atoms with van der Waals surface area (Å²) in [7, 11) is 0. The number of anilines is 1. The van der Waals surface area contributed by atoms with Gasteiger partial charge < -0.3 is 25.0 Å². The van der Waals surface area contributed by atoms with Gasteiger partial charge in [0, 0.05) is 45.3 Å². The SMILES string of the molecule is Cc1ncsc1-c1ccc(C(C)NC(=O)C2CCCN2C(=O)C(c2cc(N3CCN(CC4(C)CCNCC4)CC3)no2)C(C)C)cc1. The first kappa shape index (κ1) is 33.6. The molecule has 0 saturated carbocycles. The van der Waals surface area contributed by atoms with Gasteiger partial charge in [0.25, 0.3) is 0 Å². The molecule has 2 aromatic heterocycles. The van der Waals surface area contributed by atoms with Crippen LogP contribution >= 0.6 is 11.3 Å². The molecule has 47 heavy (non-hydrogen) atoms. The van der Waals surface area contributed by atoms with Crippen molar-refractivity contribution >= 4 is 29.0 Å². The number of nitrogens with one attached hydrogen (secondary N) is 2. The van der Waals surface area contributed by atoms with Crippen molar-refractivity contribution in [3.63, 3.8) is 0 Å². The van der Waals surface area contributed by atoms with E-state index in [1.807, 2.05) is 39.3 Å². The molecule has 11 heteroatoms. The molecule has 254 valence electrons. The van der Waals surface area contributed by atoms with Crippen molar-refractivity contribution in [2.45, 2.75) is 78.3 Å². The van der Waals surface area contributed by atoms with E-state index in [2.05, 4.69) is 61.8 Å². The summed E-state index contributed by atoms with van der Waals surface area (Å²) in [6.07, 6.45) is 3.91. The summed E-state index contributed by atoms with van der Waals surface area (Å²) < 4.78 is 5.88. The van der Waals surface area contributed by atoms with E-state index in [-0.39, 0.29) is 23.8 Å². The summed E-state index contributed by atoms with van der Waals surface area (Å²) in [6.45, 7) is 18.2. The molecule has 3 aliphatic heterocycles. The summed E-state index contributed by atoms with van der Waals surface area (Å²) in [5.41, 5.74) is 5.41. The molecular weight excluding hydrogens is 611 g/mol. The molecule has 0 bridgehead atoms. The van der Waals surface area contributed by atoms with Crippen molar-refractivity contribution in [2.24, 2.45) is 11.3 Å². The van der Waals surface area contributed by atoms with Gasteiger partial charge in [-0.1, -0.05) is 50.2 Å². The number of hydrogen-bond donors (Lipinski definition) is 2. The molecule has 0 aliphatic carbocycles. The number of aromatic nitrogens is 2. The lowest BCUT2D eigenvalue weighted by molar-refractivity contribution is -0.141. The first-order valence-electron chi connectivity index (χ1n) is 17.4. The minimum Gasteiger partial charge on any atom is -0.358 e. The highest BCUT2D eigenvalue weighted by Crippen LogP contribution is 2.34. The molecule has 5 heterocycles. The first-order valence-corrected chi connectivity index (χ1v) is 18.3. The van der Waals surface area contributed by atoms with Crippen molar-refractivity contribution in [3.8, 4) is 10.4 Å². The minimum atomic E-state index is -0.498. The maximum Gasteiger partial charge on any atom is 0.243 e. The van der Waals surface area contributed by atoms with E-state index >= 15 is 0 Å². The van der Waals surface area contributed by atoms with Crippen LogP contribution in [-0.4, -0.2) is 90.2 Å². The van der Waals surface area contributed by atoms with Gasteiger partial charge >= 0.3 is 0 Å². The van der Waals surface area contributed by atoms with Crippen molar-refractivity contribution in [3.05, 3.63) is 52.9 Å². The van der Waals surface area contributed by atoms with E-state index in [1.54, 1.807) is 16.2 Å². The Kier molecular flexibility index (Phi) is 10.3. The van der Waals surface area contributed by atoms with Gasteiger partial charge in [0.15, 0.2) is 11.6 Å². The normalized spacial score (nSPS) is 21.6. The van der Waals surface area contributed by atoms with Crippen LogP contribution in [0, 0.1) is 18.3 Å². The van der Waals surface area contributed by atoms with Crippen molar-refractivity contribution in [1.29, 1.82) is 0 Å². The third kappa shape index (κ3) is 7.57.